The Bertz CT molecular complexity index is 1150. The second kappa shape index (κ2) is 8.12. The van der Waals surface area contributed by atoms with Crippen molar-refractivity contribution >= 4 is 23.4 Å². The molecule has 3 amide bonds. The lowest BCUT2D eigenvalue weighted by Crippen LogP contribution is -2.31. The molecule has 0 bridgehead atoms. The molecule has 0 spiro atoms. The minimum absolute atomic E-state index is 0.161. The van der Waals surface area contributed by atoms with Gasteiger partial charge in [0.1, 0.15) is 0 Å². The van der Waals surface area contributed by atoms with E-state index in [0.717, 1.165) is 5.56 Å². The predicted octanol–water partition coefficient (Wildman–Crippen LogP) is 2.45. The smallest absolute Gasteiger partial charge is 0.264 e. The maximum Gasteiger partial charge on any atom is 0.264 e. The molecule has 2 N–H and O–H groups in total. The lowest BCUT2D eigenvalue weighted by atomic mass is 10.1. The van der Waals surface area contributed by atoms with Crippen LogP contribution in [0.2, 0.25) is 0 Å². The fraction of sp³-hybridized carbons (Fsp3) is 0.136. The zero-order valence-corrected chi connectivity index (χ0v) is 15.9. The molecule has 3 aromatic rings. The van der Waals surface area contributed by atoms with Gasteiger partial charge in [0.15, 0.2) is 0 Å². The highest BCUT2D eigenvalue weighted by Gasteiger charge is 2.34. The maximum absolute atomic E-state index is 12.3. The van der Waals surface area contributed by atoms with E-state index in [1.807, 2.05) is 6.07 Å². The molecule has 1 aliphatic heterocycles. The normalized spacial score (nSPS) is 12.7. The van der Waals surface area contributed by atoms with Gasteiger partial charge < -0.3 is 5.32 Å². The number of imide groups is 1. The first-order valence-corrected chi connectivity index (χ1v) is 9.44. The van der Waals surface area contributed by atoms with Crippen molar-refractivity contribution in [2.24, 2.45) is 0 Å². The summed E-state index contributed by atoms with van der Waals surface area (Å²) in [4.78, 5) is 49.3. The molecule has 0 unspecified atom stereocenters. The zero-order chi connectivity index (χ0) is 21.1. The number of hydrogen-bond donors (Lipinski definition) is 2. The van der Waals surface area contributed by atoms with E-state index in [1.54, 1.807) is 48.5 Å². The highest BCUT2D eigenvalue weighted by atomic mass is 16.2. The van der Waals surface area contributed by atoms with Crippen LogP contribution in [-0.4, -0.2) is 39.4 Å². The van der Waals surface area contributed by atoms with Crippen LogP contribution < -0.4 is 10.9 Å². The van der Waals surface area contributed by atoms with Crippen molar-refractivity contribution in [3.8, 4) is 11.3 Å². The van der Waals surface area contributed by atoms with Crippen LogP contribution >= 0.6 is 0 Å². The summed E-state index contributed by atoms with van der Waals surface area (Å²) in [6.45, 7) is 0.182. The molecule has 0 atom stereocenters. The number of carbonyl (C=O) groups is 3. The summed E-state index contributed by atoms with van der Waals surface area (Å²) in [6.07, 6.45) is 0.521. The van der Waals surface area contributed by atoms with Gasteiger partial charge in [0, 0.05) is 30.3 Å². The fourth-order valence-electron chi connectivity index (χ4n) is 3.32. The van der Waals surface area contributed by atoms with Gasteiger partial charge >= 0.3 is 0 Å². The Morgan fingerprint density at radius 2 is 1.67 bits per heavy atom. The molecule has 1 aliphatic rings. The summed E-state index contributed by atoms with van der Waals surface area (Å²) in [5.74, 6) is -0.868. The van der Waals surface area contributed by atoms with Crippen LogP contribution in [-0.2, 0) is 4.79 Å². The Morgan fingerprint density at radius 1 is 0.933 bits per heavy atom. The van der Waals surface area contributed by atoms with Gasteiger partial charge in [-0.3, -0.25) is 24.1 Å². The van der Waals surface area contributed by atoms with E-state index < -0.39 is 0 Å². The van der Waals surface area contributed by atoms with Crippen LogP contribution in [0.5, 0.6) is 0 Å². The van der Waals surface area contributed by atoms with Crippen molar-refractivity contribution in [2.75, 3.05) is 11.9 Å². The standard InChI is InChI=1S/C22H18N4O4/c27-19(9-4-12-26-21(29)16-7-1-2-8-17(16)22(26)30)23-15-6-3-5-14(13-15)18-10-11-20(28)25-24-18/h1-3,5-8,10-11,13H,4,9,12H2,(H,23,27)(H,25,28). The van der Waals surface area contributed by atoms with Crippen molar-refractivity contribution in [1.29, 1.82) is 0 Å². The van der Waals surface area contributed by atoms with Crippen molar-refractivity contribution < 1.29 is 14.4 Å². The van der Waals surface area contributed by atoms with Crippen molar-refractivity contribution in [2.45, 2.75) is 12.8 Å². The summed E-state index contributed by atoms with van der Waals surface area (Å²) in [5, 5.41) is 9.15. The molecule has 0 aliphatic carbocycles. The van der Waals surface area contributed by atoms with Gasteiger partial charge in [-0.1, -0.05) is 24.3 Å². The number of aromatic amines is 1. The number of nitrogens with one attached hydrogen (secondary N) is 2. The monoisotopic (exact) mass is 402 g/mol. The third-order valence-corrected chi connectivity index (χ3v) is 4.78. The van der Waals surface area contributed by atoms with Gasteiger partial charge in [-0.05, 0) is 36.8 Å². The minimum Gasteiger partial charge on any atom is -0.326 e. The molecular formula is C22H18N4O4. The van der Waals surface area contributed by atoms with Gasteiger partial charge in [0.05, 0.1) is 16.8 Å². The average molecular weight is 402 g/mol. The summed E-state index contributed by atoms with van der Waals surface area (Å²) in [7, 11) is 0. The molecule has 8 nitrogen and oxygen atoms in total. The summed E-state index contributed by atoms with van der Waals surface area (Å²) >= 11 is 0. The molecule has 2 heterocycles. The lowest BCUT2D eigenvalue weighted by molar-refractivity contribution is -0.116. The molecule has 2 aromatic carbocycles. The third kappa shape index (κ3) is 3.88. The van der Waals surface area contributed by atoms with E-state index in [2.05, 4.69) is 15.5 Å². The quantitative estimate of drug-likeness (QED) is 0.615. The number of rotatable bonds is 6. The molecular weight excluding hydrogens is 384 g/mol. The molecule has 150 valence electrons. The van der Waals surface area contributed by atoms with Crippen LogP contribution in [0.15, 0.2) is 65.5 Å². The number of anilines is 1. The number of nitrogens with zero attached hydrogens (tertiary/aromatic N) is 2. The van der Waals surface area contributed by atoms with E-state index in [9.17, 15) is 19.2 Å². The fourth-order valence-corrected chi connectivity index (χ4v) is 3.32. The number of benzene rings is 2. The second-order valence-electron chi connectivity index (χ2n) is 6.85. The molecule has 0 radical (unpaired) electrons. The molecule has 1 aromatic heterocycles. The second-order valence-corrected chi connectivity index (χ2v) is 6.85. The predicted molar refractivity (Wildman–Crippen MR) is 110 cm³/mol. The van der Waals surface area contributed by atoms with Gasteiger partial charge in [-0.15, -0.1) is 0 Å². The Hall–Kier alpha value is -4.07. The van der Waals surface area contributed by atoms with E-state index in [1.165, 1.54) is 11.0 Å². The largest absolute Gasteiger partial charge is 0.326 e. The van der Waals surface area contributed by atoms with Gasteiger partial charge in [-0.2, -0.15) is 5.10 Å². The number of aromatic nitrogens is 2. The topological polar surface area (TPSA) is 112 Å². The molecule has 30 heavy (non-hydrogen) atoms. The zero-order valence-electron chi connectivity index (χ0n) is 15.9. The Morgan fingerprint density at radius 3 is 2.33 bits per heavy atom. The van der Waals surface area contributed by atoms with Crippen molar-refractivity contribution in [1.82, 2.24) is 15.1 Å². The van der Waals surface area contributed by atoms with Gasteiger partial charge in [0.25, 0.3) is 17.4 Å². The SMILES string of the molecule is O=C(CCCN1C(=O)c2ccccc2C1=O)Nc1cccc(-c2ccc(=O)[nH]n2)c1. The van der Waals surface area contributed by atoms with Crippen LogP contribution in [0.1, 0.15) is 33.6 Å². The third-order valence-electron chi connectivity index (χ3n) is 4.78. The number of fused-ring (bicyclic) bond motifs is 1. The molecule has 0 saturated carbocycles. The average Bonchev–Trinajstić information content (AvgIpc) is 2.99. The molecule has 8 heteroatoms. The van der Waals surface area contributed by atoms with Gasteiger partial charge in [0.2, 0.25) is 5.91 Å². The molecule has 0 saturated heterocycles. The number of carbonyl (C=O) groups excluding carboxylic acids is 3. The lowest BCUT2D eigenvalue weighted by Gasteiger charge is -2.13. The highest BCUT2D eigenvalue weighted by molar-refractivity contribution is 6.21. The first kappa shape index (κ1) is 19.3. The van der Waals surface area contributed by atoms with Crippen LogP contribution in [0.3, 0.4) is 0 Å². The van der Waals surface area contributed by atoms with E-state index in [0.29, 0.717) is 28.9 Å². The van der Waals surface area contributed by atoms with E-state index in [-0.39, 0.29) is 36.2 Å². The molecule has 0 fully saturated rings. The van der Waals surface area contributed by atoms with Crippen molar-refractivity contribution in [3.63, 3.8) is 0 Å². The summed E-state index contributed by atoms with van der Waals surface area (Å²) in [5.41, 5.74) is 2.43. The maximum atomic E-state index is 12.3. The van der Waals surface area contributed by atoms with Crippen LogP contribution in [0.4, 0.5) is 5.69 Å². The summed E-state index contributed by atoms with van der Waals surface area (Å²) < 4.78 is 0. The Kier molecular flexibility index (Phi) is 5.21. The first-order valence-electron chi connectivity index (χ1n) is 9.44. The van der Waals surface area contributed by atoms with Gasteiger partial charge in [-0.25, -0.2) is 5.10 Å². The Balaban J connectivity index is 1.33. The Labute approximate surface area is 171 Å². The van der Waals surface area contributed by atoms with Crippen LogP contribution in [0.25, 0.3) is 11.3 Å². The first-order chi connectivity index (χ1) is 14.5. The number of H-pyrrole nitrogens is 1. The van der Waals surface area contributed by atoms with Crippen LogP contribution in [0, 0.1) is 0 Å². The van der Waals surface area contributed by atoms with E-state index in [4.69, 9.17) is 0 Å². The summed E-state index contributed by atoms with van der Waals surface area (Å²) in [6, 6.07) is 16.8. The van der Waals surface area contributed by atoms with Crippen molar-refractivity contribution in [3.05, 3.63) is 82.1 Å². The highest BCUT2D eigenvalue weighted by Crippen LogP contribution is 2.23. The molecule has 4 rings (SSSR count). The number of amides is 3. The van der Waals surface area contributed by atoms with E-state index >= 15 is 0 Å². The minimum atomic E-state index is -0.322. The number of hydrogen-bond acceptors (Lipinski definition) is 5.